The third kappa shape index (κ3) is 4.18. The Morgan fingerprint density at radius 3 is 2.46 bits per heavy atom. The lowest BCUT2D eigenvalue weighted by atomic mass is 10.1. The average molecular weight is 403 g/mol. The van der Waals surface area contributed by atoms with Crippen molar-refractivity contribution in [3.8, 4) is 0 Å². The number of benzene rings is 1. The molecule has 1 aliphatic heterocycles. The molecule has 1 N–H and O–H groups in total. The van der Waals surface area contributed by atoms with Gasteiger partial charge in [0.05, 0.1) is 11.4 Å². The summed E-state index contributed by atoms with van der Waals surface area (Å²) < 4.78 is 27.6. The predicted octanol–water partition coefficient (Wildman–Crippen LogP) is 2.35. The van der Waals surface area contributed by atoms with Gasteiger partial charge in [0.1, 0.15) is 4.90 Å². The van der Waals surface area contributed by atoms with E-state index in [0.717, 1.165) is 5.56 Å². The van der Waals surface area contributed by atoms with E-state index < -0.39 is 10.0 Å². The molecule has 0 spiro atoms. The molecule has 0 saturated carbocycles. The molecule has 0 bridgehead atoms. The highest BCUT2D eigenvalue weighted by molar-refractivity contribution is 7.89. The maximum absolute atomic E-state index is 13.0. The molecule has 0 unspecified atom stereocenters. The molecule has 1 aromatic carbocycles. The normalized spacial score (nSPS) is 16.8. The van der Waals surface area contributed by atoms with Gasteiger partial charge in [-0.3, -0.25) is 9.89 Å². The van der Waals surface area contributed by atoms with Gasteiger partial charge >= 0.3 is 0 Å². The van der Waals surface area contributed by atoms with Gasteiger partial charge in [0.25, 0.3) is 0 Å². The van der Waals surface area contributed by atoms with Crippen LogP contribution in [0.5, 0.6) is 0 Å². The van der Waals surface area contributed by atoms with Crippen LogP contribution in [0.1, 0.15) is 30.3 Å². The fourth-order valence-electron chi connectivity index (χ4n) is 3.50. The van der Waals surface area contributed by atoms with Crippen molar-refractivity contribution in [2.24, 2.45) is 0 Å². The lowest BCUT2D eigenvalue weighted by molar-refractivity contribution is -0.126. The first kappa shape index (κ1) is 20.3. The summed E-state index contributed by atoms with van der Waals surface area (Å²) in [4.78, 5) is 14.8. The van der Waals surface area contributed by atoms with E-state index in [1.54, 1.807) is 25.7 Å². The van der Waals surface area contributed by atoms with E-state index in [1.165, 1.54) is 4.31 Å². The number of aromatic amines is 1. The molecule has 8 heteroatoms. The monoisotopic (exact) mass is 402 g/mol. The van der Waals surface area contributed by atoms with E-state index in [-0.39, 0.29) is 17.3 Å². The molecular formula is C20H26N4O3S. The maximum Gasteiger partial charge on any atom is 0.249 e. The average Bonchev–Trinajstić information content (AvgIpc) is 2.86. The lowest BCUT2D eigenvalue weighted by Crippen LogP contribution is -2.37. The molecule has 150 valence electrons. The third-order valence-electron chi connectivity index (χ3n) is 4.92. The number of nitrogens with one attached hydrogen (secondary N) is 1. The number of sulfonamides is 1. The second-order valence-electron chi connectivity index (χ2n) is 7.05. The summed E-state index contributed by atoms with van der Waals surface area (Å²) in [5.41, 5.74) is 2.62. The quantitative estimate of drug-likeness (QED) is 0.796. The largest absolute Gasteiger partial charge is 0.338 e. The Hall–Kier alpha value is -2.45. The number of H-pyrrole nitrogens is 1. The number of hydrogen-bond donors (Lipinski definition) is 1. The van der Waals surface area contributed by atoms with E-state index >= 15 is 0 Å². The fourth-order valence-corrected chi connectivity index (χ4v) is 5.30. The number of hydrogen-bond acceptors (Lipinski definition) is 4. The van der Waals surface area contributed by atoms with Gasteiger partial charge in [-0.05, 0) is 38.8 Å². The van der Waals surface area contributed by atoms with E-state index in [9.17, 15) is 13.2 Å². The van der Waals surface area contributed by atoms with Crippen LogP contribution in [-0.2, 0) is 14.8 Å². The highest BCUT2D eigenvalue weighted by Gasteiger charge is 2.32. The second kappa shape index (κ2) is 8.28. The molecule has 1 fully saturated rings. The first-order valence-electron chi connectivity index (χ1n) is 9.35. The number of aromatic nitrogens is 2. The summed E-state index contributed by atoms with van der Waals surface area (Å²) in [6.07, 6.45) is 2.46. The van der Waals surface area contributed by atoms with Gasteiger partial charge < -0.3 is 4.90 Å². The summed E-state index contributed by atoms with van der Waals surface area (Å²) in [5.74, 6) is -0.0567. The Balaban J connectivity index is 1.73. The van der Waals surface area contributed by atoms with E-state index in [4.69, 9.17) is 0 Å². The second-order valence-corrected chi connectivity index (χ2v) is 8.93. The van der Waals surface area contributed by atoms with Crippen LogP contribution >= 0.6 is 0 Å². The van der Waals surface area contributed by atoms with Gasteiger partial charge in [-0.25, -0.2) is 8.42 Å². The van der Waals surface area contributed by atoms with Gasteiger partial charge in [0.15, 0.2) is 0 Å². The van der Waals surface area contributed by atoms with Crippen LogP contribution in [0.3, 0.4) is 0 Å². The number of amides is 1. The molecule has 7 nitrogen and oxygen atoms in total. The van der Waals surface area contributed by atoms with Crippen molar-refractivity contribution in [2.75, 3.05) is 26.2 Å². The van der Waals surface area contributed by atoms with Crippen LogP contribution in [0.4, 0.5) is 0 Å². The fraction of sp³-hybridized carbons (Fsp3) is 0.400. The van der Waals surface area contributed by atoms with Crippen LogP contribution in [-0.4, -0.2) is 59.9 Å². The van der Waals surface area contributed by atoms with Gasteiger partial charge in [0, 0.05) is 31.8 Å². The van der Waals surface area contributed by atoms with Crippen molar-refractivity contribution in [3.05, 3.63) is 52.9 Å². The van der Waals surface area contributed by atoms with Crippen LogP contribution in [0.15, 0.2) is 40.8 Å². The summed E-state index contributed by atoms with van der Waals surface area (Å²) in [5, 5.41) is 6.74. The molecule has 28 heavy (non-hydrogen) atoms. The Kier molecular flexibility index (Phi) is 6.00. The van der Waals surface area contributed by atoms with Crippen molar-refractivity contribution in [2.45, 2.75) is 32.1 Å². The van der Waals surface area contributed by atoms with Gasteiger partial charge in [-0.2, -0.15) is 9.40 Å². The smallest absolute Gasteiger partial charge is 0.249 e. The summed E-state index contributed by atoms with van der Waals surface area (Å²) in [6, 6.07) is 9.68. The van der Waals surface area contributed by atoms with Crippen LogP contribution in [0, 0.1) is 13.8 Å². The Labute approximate surface area is 166 Å². The van der Waals surface area contributed by atoms with Crippen molar-refractivity contribution >= 4 is 22.0 Å². The van der Waals surface area contributed by atoms with E-state index in [2.05, 4.69) is 10.2 Å². The number of rotatable bonds is 4. The van der Waals surface area contributed by atoms with Crippen LogP contribution < -0.4 is 0 Å². The third-order valence-corrected chi connectivity index (χ3v) is 7.08. The zero-order chi connectivity index (χ0) is 20.3. The van der Waals surface area contributed by atoms with Crippen molar-refractivity contribution in [3.63, 3.8) is 0 Å². The minimum absolute atomic E-state index is 0.0567. The van der Waals surface area contributed by atoms with Gasteiger partial charge in [0.2, 0.25) is 15.9 Å². The Bertz CT molecular complexity index is 961. The molecule has 1 aliphatic rings. The first-order chi connectivity index (χ1) is 13.3. The van der Waals surface area contributed by atoms with Gasteiger partial charge in [-0.1, -0.05) is 30.3 Å². The highest BCUT2D eigenvalue weighted by Crippen LogP contribution is 2.23. The zero-order valence-corrected chi connectivity index (χ0v) is 17.3. The SMILES string of the molecule is C/C(=C\c1ccccc1)C(=O)N1CCCN(S(=O)(=O)c2c(C)n[nH]c2C)CC1. The molecule has 1 amide bonds. The highest BCUT2D eigenvalue weighted by atomic mass is 32.2. The van der Waals surface area contributed by atoms with Crippen LogP contribution in [0.2, 0.25) is 0 Å². The maximum atomic E-state index is 13.0. The molecule has 0 atom stereocenters. The summed E-state index contributed by atoms with van der Waals surface area (Å²) >= 11 is 0. The molecule has 2 aromatic rings. The number of aryl methyl sites for hydroxylation is 2. The zero-order valence-electron chi connectivity index (χ0n) is 16.5. The first-order valence-corrected chi connectivity index (χ1v) is 10.8. The van der Waals surface area contributed by atoms with E-state index in [0.29, 0.717) is 43.0 Å². The molecule has 3 rings (SSSR count). The topological polar surface area (TPSA) is 86.4 Å². The molecule has 2 heterocycles. The molecular weight excluding hydrogens is 376 g/mol. The van der Waals surface area contributed by atoms with Gasteiger partial charge in [-0.15, -0.1) is 0 Å². The van der Waals surface area contributed by atoms with Crippen molar-refractivity contribution in [1.29, 1.82) is 0 Å². The van der Waals surface area contributed by atoms with E-state index in [1.807, 2.05) is 36.4 Å². The Morgan fingerprint density at radius 1 is 1.11 bits per heavy atom. The minimum Gasteiger partial charge on any atom is -0.338 e. The molecule has 1 aromatic heterocycles. The summed E-state index contributed by atoms with van der Waals surface area (Å²) in [6.45, 7) is 6.75. The number of carbonyl (C=O) groups is 1. The molecule has 0 aliphatic carbocycles. The minimum atomic E-state index is -3.63. The number of nitrogens with zero attached hydrogens (tertiary/aromatic N) is 3. The predicted molar refractivity (Wildman–Crippen MR) is 108 cm³/mol. The Morgan fingerprint density at radius 2 is 1.82 bits per heavy atom. The standard InChI is InChI=1S/C20H26N4O3S/c1-15(14-18-8-5-4-6-9-18)20(25)23-10-7-11-24(13-12-23)28(26,27)19-16(2)21-22-17(19)3/h4-6,8-9,14H,7,10-13H2,1-3H3,(H,21,22)/b15-14+. The summed E-state index contributed by atoms with van der Waals surface area (Å²) in [7, 11) is -3.63. The molecule has 1 saturated heterocycles. The number of carbonyl (C=O) groups excluding carboxylic acids is 1. The van der Waals surface area contributed by atoms with Crippen molar-refractivity contribution in [1.82, 2.24) is 19.4 Å². The van der Waals surface area contributed by atoms with Crippen molar-refractivity contribution < 1.29 is 13.2 Å². The molecule has 0 radical (unpaired) electrons. The lowest BCUT2D eigenvalue weighted by Gasteiger charge is -2.22. The van der Waals surface area contributed by atoms with Crippen LogP contribution in [0.25, 0.3) is 6.08 Å².